The molecule has 1 saturated heterocycles. The zero-order chi connectivity index (χ0) is 12.9. The quantitative estimate of drug-likeness (QED) is 0.746. The maximum absolute atomic E-state index is 12.8. The van der Waals surface area contributed by atoms with Gasteiger partial charge in [0.25, 0.3) is 5.92 Å². The van der Waals surface area contributed by atoms with Gasteiger partial charge < -0.3 is 15.3 Å². The van der Waals surface area contributed by atoms with Crippen molar-refractivity contribution in [3.05, 3.63) is 0 Å². The summed E-state index contributed by atoms with van der Waals surface area (Å²) >= 11 is 0. The summed E-state index contributed by atoms with van der Waals surface area (Å²) in [6.45, 7) is 5.91. The molecule has 0 aromatic heterocycles. The molecule has 1 rings (SSSR count). The second-order valence-corrected chi connectivity index (χ2v) is 5.36. The van der Waals surface area contributed by atoms with Crippen molar-refractivity contribution in [2.24, 2.45) is 5.92 Å². The van der Waals surface area contributed by atoms with Gasteiger partial charge in [0.05, 0.1) is 6.54 Å². The fourth-order valence-electron chi connectivity index (χ4n) is 2.19. The highest BCUT2D eigenvalue weighted by Gasteiger charge is 2.29. The van der Waals surface area contributed by atoms with Crippen LogP contribution in [0.3, 0.4) is 0 Å². The third-order valence-electron chi connectivity index (χ3n) is 3.09. The highest BCUT2D eigenvalue weighted by molar-refractivity contribution is 4.80. The molecule has 102 valence electrons. The minimum absolute atomic E-state index is 0.163. The lowest BCUT2D eigenvalue weighted by atomic mass is 10.0. The summed E-state index contributed by atoms with van der Waals surface area (Å²) < 4.78 is 25.7. The van der Waals surface area contributed by atoms with E-state index in [0.717, 1.165) is 32.5 Å². The number of nitrogens with zero attached hydrogens (tertiary/aromatic N) is 1. The molecular weight excluding hydrogens is 226 g/mol. The molecule has 0 radical (unpaired) electrons. The third kappa shape index (κ3) is 5.75. The molecule has 0 aromatic rings. The van der Waals surface area contributed by atoms with E-state index in [-0.39, 0.29) is 6.04 Å². The number of alkyl halides is 2. The highest BCUT2D eigenvalue weighted by Crippen LogP contribution is 2.15. The summed E-state index contributed by atoms with van der Waals surface area (Å²) in [6.07, 6.45) is 1.82. The number of hydrogen-bond acceptors (Lipinski definition) is 3. The van der Waals surface area contributed by atoms with E-state index < -0.39 is 19.1 Å². The van der Waals surface area contributed by atoms with Gasteiger partial charge in [-0.1, -0.05) is 13.8 Å². The minimum atomic E-state index is -2.99. The topological polar surface area (TPSA) is 35.5 Å². The van der Waals surface area contributed by atoms with Gasteiger partial charge in [0.15, 0.2) is 0 Å². The zero-order valence-electron chi connectivity index (χ0n) is 10.8. The Morgan fingerprint density at radius 3 is 2.41 bits per heavy atom. The van der Waals surface area contributed by atoms with E-state index in [2.05, 4.69) is 24.1 Å². The molecular formula is C12H24F2N2O. The van der Waals surface area contributed by atoms with Crippen LogP contribution in [0.5, 0.6) is 0 Å². The highest BCUT2D eigenvalue weighted by atomic mass is 19.3. The van der Waals surface area contributed by atoms with Crippen LogP contribution in [0.1, 0.15) is 26.7 Å². The Morgan fingerprint density at radius 2 is 1.94 bits per heavy atom. The van der Waals surface area contributed by atoms with Gasteiger partial charge in [0, 0.05) is 12.6 Å². The first-order valence-corrected chi connectivity index (χ1v) is 6.37. The Balaban J connectivity index is 2.19. The summed E-state index contributed by atoms with van der Waals surface area (Å²) in [4.78, 5) is 2.38. The van der Waals surface area contributed by atoms with Crippen molar-refractivity contribution in [2.75, 3.05) is 32.8 Å². The molecule has 1 fully saturated rings. The summed E-state index contributed by atoms with van der Waals surface area (Å²) in [5, 5.41) is 11.3. The molecule has 5 heteroatoms. The first kappa shape index (κ1) is 14.8. The first-order chi connectivity index (χ1) is 7.93. The van der Waals surface area contributed by atoms with Crippen molar-refractivity contribution in [2.45, 2.75) is 38.7 Å². The summed E-state index contributed by atoms with van der Waals surface area (Å²) in [6, 6.07) is 0.163. The number of likely N-dealkylation sites (tertiary alicyclic amines) is 1. The van der Waals surface area contributed by atoms with E-state index in [1.807, 2.05) is 0 Å². The Kier molecular flexibility index (Phi) is 5.76. The SMILES string of the molecule is CC(C)CN1CCC(NCC(F)(F)CO)CC1. The minimum Gasteiger partial charge on any atom is -0.390 e. The van der Waals surface area contributed by atoms with Crippen LogP contribution < -0.4 is 5.32 Å². The lowest BCUT2D eigenvalue weighted by molar-refractivity contribution is -0.0504. The predicted molar refractivity (Wildman–Crippen MR) is 64.3 cm³/mol. The molecule has 0 aromatic carbocycles. The molecule has 0 aliphatic carbocycles. The van der Waals surface area contributed by atoms with Gasteiger partial charge in [-0.05, 0) is 31.8 Å². The average molecular weight is 250 g/mol. The van der Waals surface area contributed by atoms with Gasteiger partial charge in [-0.3, -0.25) is 0 Å². The van der Waals surface area contributed by atoms with Crippen LogP contribution in [0.2, 0.25) is 0 Å². The maximum atomic E-state index is 12.8. The van der Waals surface area contributed by atoms with E-state index in [9.17, 15) is 8.78 Å². The molecule has 2 N–H and O–H groups in total. The largest absolute Gasteiger partial charge is 0.390 e. The van der Waals surface area contributed by atoms with Crippen molar-refractivity contribution < 1.29 is 13.9 Å². The van der Waals surface area contributed by atoms with Gasteiger partial charge in [0.2, 0.25) is 0 Å². The van der Waals surface area contributed by atoms with Crippen molar-refractivity contribution in [3.63, 3.8) is 0 Å². The van der Waals surface area contributed by atoms with E-state index in [1.165, 1.54) is 0 Å². The van der Waals surface area contributed by atoms with Crippen LogP contribution in [0.4, 0.5) is 8.78 Å². The molecule has 0 spiro atoms. The Labute approximate surface area is 102 Å². The van der Waals surface area contributed by atoms with E-state index >= 15 is 0 Å². The molecule has 1 heterocycles. The number of hydrogen-bond donors (Lipinski definition) is 2. The van der Waals surface area contributed by atoms with Crippen LogP contribution in [-0.4, -0.2) is 54.8 Å². The molecule has 0 unspecified atom stereocenters. The second-order valence-electron chi connectivity index (χ2n) is 5.36. The first-order valence-electron chi connectivity index (χ1n) is 6.37. The van der Waals surface area contributed by atoms with E-state index in [1.54, 1.807) is 0 Å². The maximum Gasteiger partial charge on any atom is 0.282 e. The lowest BCUT2D eigenvalue weighted by Crippen LogP contribution is -2.47. The second kappa shape index (κ2) is 6.61. The van der Waals surface area contributed by atoms with Crippen LogP contribution in [-0.2, 0) is 0 Å². The Bertz CT molecular complexity index is 217. The van der Waals surface area contributed by atoms with Crippen LogP contribution in [0.15, 0.2) is 0 Å². The van der Waals surface area contributed by atoms with Gasteiger partial charge in [-0.15, -0.1) is 0 Å². The average Bonchev–Trinajstić information content (AvgIpc) is 2.28. The van der Waals surface area contributed by atoms with Crippen molar-refractivity contribution in [3.8, 4) is 0 Å². The number of halogens is 2. The molecule has 3 nitrogen and oxygen atoms in total. The van der Waals surface area contributed by atoms with E-state index in [0.29, 0.717) is 5.92 Å². The van der Waals surface area contributed by atoms with Crippen molar-refractivity contribution in [1.82, 2.24) is 10.2 Å². The molecule has 0 saturated carbocycles. The van der Waals surface area contributed by atoms with E-state index in [4.69, 9.17) is 5.11 Å². The molecule has 0 bridgehead atoms. The van der Waals surface area contributed by atoms with Crippen molar-refractivity contribution >= 4 is 0 Å². The number of piperidine rings is 1. The number of nitrogens with one attached hydrogen (secondary N) is 1. The van der Waals surface area contributed by atoms with Gasteiger partial charge in [-0.2, -0.15) is 0 Å². The molecule has 0 atom stereocenters. The number of aliphatic hydroxyl groups excluding tert-OH is 1. The summed E-state index contributed by atoms with van der Waals surface area (Å²) in [7, 11) is 0. The Hall–Kier alpha value is -0.260. The lowest BCUT2D eigenvalue weighted by Gasteiger charge is -2.33. The van der Waals surface area contributed by atoms with Crippen LogP contribution in [0, 0.1) is 5.92 Å². The fraction of sp³-hybridized carbons (Fsp3) is 1.00. The van der Waals surface area contributed by atoms with Crippen LogP contribution >= 0.6 is 0 Å². The zero-order valence-corrected chi connectivity index (χ0v) is 10.8. The standard InChI is InChI=1S/C12H24F2N2O/c1-10(2)7-16-5-3-11(4-6-16)15-8-12(13,14)9-17/h10-11,15,17H,3-9H2,1-2H3. The monoisotopic (exact) mass is 250 g/mol. The smallest absolute Gasteiger partial charge is 0.282 e. The number of rotatable bonds is 6. The molecule has 17 heavy (non-hydrogen) atoms. The fourth-order valence-corrected chi connectivity index (χ4v) is 2.19. The molecule has 1 aliphatic heterocycles. The normalized spacial score (nSPS) is 20.1. The van der Waals surface area contributed by atoms with Gasteiger partial charge >= 0.3 is 0 Å². The van der Waals surface area contributed by atoms with Crippen molar-refractivity contribution in [1.29, 1.82) is 0 Å². The Morgan fingerprint density at radius 1 is 1.35 bits per heavy atom. The predicted octanol–water partition coefficient (Wildman–Crippen LogP) is 1.32. The molecule has 1 aliphatic rings. The summed E-state index contributed by atoms with van der Waals surface area (Å²) in [5.41, 5.74) is 0. The third-order valence-corrected chi connectivity index (χ3v) is 3.09. The summed E-state index contributed by atoms with van der Waals surface area (Å²) in [5.74, 6) is -2.34. The van der Waals surface area contributed by atoms with Gasteiger partial charge in [-0.25, -0.2) is 8.78 Å². The van der Waals surface area contributed by atoms with Gasteiger partial charge in [0.1, 0.15) is 6.61 Å². The number of aliphatic hydroxyl groups is 1. The molecule has 0 amide bonds. The van der Waals surface area contributed by atoms with Crippen LogP contribution in [0.25, 0.3) is 0 Å².